The van der Waals surface area contributed by atoms with Crippen molar-refractivity contribution in [3.8, 4) is 0 Å². The van der Waals surface area contributed by atoms with E-state index >= 15 is 0 Å². The Labute approximate surface area is 69.2 Å². The summed E-state index contributed by atoms with van der Waals surface area (Å²) in [5, 5.41) is 2.48. The molecule has 1 aromatic heterocycles. The van der Waals surface area contributed by atoms with Gasteiger partial charge in [0.2, 0.25) is 5.91 Å². The molecular weight excluding hydrogens is 156 g/mol. The van der Waals surface area contributed by atoms with E-state index in [9.17, 15) is 9.59 Å². The Kier molecular flexibility index (Phi) is 1.43. The Balaban J connectivity index is 2.50. The Morgan fingerprint density at radius 3 is 2.83 bits per heavy atom. The minimum absolute atomic E-state index is 0.126. The first-order valence-corrected chi connectivity index (χ1v) is 4.01. The number of hydrogen-bond donors (Lipinski definition) is 1. The van der Waals surface area contributed by atoms with Crippen molar-refractivity contribution in [2.75, 3.05) is 0 Å². The first-order chi connectivity index (χ1) is 5.68. The average molecular weight is 166 g/mol. The minimum Gasteiger partial charge on any atom is -0.273 e. The van der Waals surface area contributed by atoms with Crippen LogP contribution in [-0.4, -0.2) is 15.7 Å². The predicted octanol–water partition coefficient (Wildman–Crippen LogP) is 0.714. The molecule has 1 aliphatic carbocycles. The number of H-pyrrole nitrogens is 1. The Morgan fingerprint density at radius 2 is 2.33 bits per heavy atom. The van der Waals surface area contributed by atoms with Gasteiger partial charge in [-0.1, -0.05) is 0 Å². The van der Waals surface area contributed by atoms with E-state index in [1.807, 2.05) is 0 Å². The molecule has 0 bridgehead atoms. The largest absolute Gasteiger partial charge is 0.273 e. The molecule has 1 N–H and O–H groups in total. The molecule has 0 aromatic carbocycles. The molecule has 1 saturated carbocycles. The van der Waals surface area contributed by atoms with Crippen molar-refractivity contribution in [3.05, 3.63) is 22.1 Å². The van der Waals surface area contributed by atoms with Crippen molar-refractivity contribution in [2.45, 2.75) is 25.7 Å². The second-order valence-electron chi connectivity index (χ2n) is 3.17. The molecule has 0 spiro atoms. The molecule has 1 aliphatic rings. The third-order valence-electron chi connectivity index (χ3n) is 2.07. The highest BCUT2D eigenvalue weighted by Crippen LogP contribution is 2.39. The van der Waals surface area contributed by atoms with Gasteiger partial charge < -0.3 is 0 Å². The van der Waals surface area contributed by atoms with Crippen molar-refractivity contribution in [1.29, 1.82) is 0 Å². The van der Waals surface area contributed by atoms with Crippen molar-refractivity contribution in [1.82, 2.24) is 9.78 Å². The quantitative estimate of drug-likeness (QED) is 0.668. The molecular formula is C8H10N2O2. The van der Waals surface area contributed by atoms with Crippen LogP contribution in [0.25, 0.3) is 0 Å². The molecule has 0 atom stereocenters. The Bertz CT molecular complexity index is 371. The highest BCUT2D eigenvalue weighted by Gasteiger charge is 2.28. The lowest BCUT2D eigenvalue weighted by atomic mass is 10.3. The van der Waals surface area contributed by atoms with Crippen LogP contribution < -0.4 is 5.56 Å². The second kappa shape index (κ2) is 2.33. The molecule has 4 heteroatoms. The number of nitrogens with zero attached hydrogens (tertiary/aromatic N) is 1. The Morgan fingerprint density at radius 1 is 1.67 bits per heavy atom. The summed E-state index contributed by atoms with van der Waals surface area (Å²) >= 11 is 0. The number of carbonyl (C=O) groups is 1. The van der Waals surface area contributed by atoms with Crippen LogP contribution in [0.2, 0.25) is 0 Å². The fourth-order valence-electron chi connectivity index (χ4n) is 1.35. The summed E-state index contributed by atoms with van der Waals surface area (Å²) in [7, 11) is 0. The first-order valence-electron chi connectivity index (χ1n) is 4.01. The maximum atomic E-state index is 11.0. The monoisotopic (exact) mass is 166 g/mol. The minimum atomic E-state index is -0.188. The topological polar surface area (TPSA) is 54.9 Å². The number of carbonyl (C=O) groups excluding carboxylic acids is 1. The van der Waals surface area contributed by atoms with E-state index in [1.54, 1.807) is 0 Å². The third kappa shape index (κ3) is 1.09. The highest BCUT2D eigenvalue weighted by atomic mass is 16.2. The lowest BCUT2D eigenvalue weighted by molar-refractivity contribution is 0.0917. The van der Waals surface area contributed by atoms with Gasteiger partial charge in [-0.05, 0) is 12.8 Å². The van der Waals surface area contributed by atoms with Crippen LogP contribution in [0.3, 0.4) is 0 Å². The average Bonchev–Trinajstić information content (AvgIpc) is 2.75. The molecule has 1 fully saturated rings. The Hall–Kier alpha value is -1.32. The number of hydrogen-bond acceptors (Lipinski definition) is 2. The van der Waals surface area contributed by atoms with Gasteiger partial charge in [0.1, 0.15) is 0 Å². The molecule has 4 nitrogen and oxygen atoms in total. The molecule has 0 radical (unpaired) electrons. The standard InChI is InChI=1S/C8H10N2O2/c1-5(11)10-7(6-2-3-6)4-8(12)9-10/h4,6H,2-3H2,1H3,(H,9,12). The maximum Gasteiger partial charge on any atom is 0.264 e. The number of aromatic nitrogens is 2. The van der Waals surface area contributed by atoms with Gasteiger partial charge in [-0.15, -0.1) is 0 Å². The van der Waals surface area contributed by atoms with E-state index in [2.05, 4.69) is 5.10 Å². The summed E-state index contributed by atoms with van der Waals surface area (Å²) in [5.41, 5.74) is 0.652. The molecule has 64 valence electrons. The van der Waals surface area contributed by atoms with E-state index in [0.717, 1.165) is 18.5 Å². The third-order valence-corrected chi connectivity index (χ3v) is 2.07. The SMILES string of the molecule is CC(=O)n1[nH]c(=O)cc1C1CC1. The molecule has 0 amide bonds. The van der Waals surface area contributed by atoms with Gasteiger partial charge >= 0.3 is 0 Å². The summed E-state index contributed by atoms with van der Waals surface area (Å²) in [6.45, 7) is 1.45. The molecule has 1 heterocycles. The lowest BCUT2D eigenvalue weighted by Crippen LogP contribution is -2.13. The summed E-state index contributed by atoms with van der Waals surface area (Å²) in [5.74, 6) is 0.298. The number of nitrogens with one attached hydrogen (secondary N) is 1. The van der Waals surface area contributed by atoms with Crippen LogP contribution in [0.1, 0.15) is 36.2 Å². The van der Waals surface area contributed by atoms with Gasteiger partial charge in [-0.3, -0.25) is 14.7 Å². The zero-order chi connectivity index (χ0) is 8.72. The first kappa shape index (κ1) is 7.34. The summed E-state index contributed by atoms with van der Waals surface area (Å²) in [4.78, 5) is 21.9. The summed E-state index contributed by atoms with van der Waals surface area (Å²) < 4.78 is 1.35. The van der Waals surface area contributed by atoms with Crippen molar-refractivity contribution in [2.24, 2.45) is 0 Å². The fourth-order valence-corrected chi connectivity index (χ4v) is 1.35. The van der Waals surface area contributed by atoms with E-state index in [0.29, 0.717) is 5.92 Å². The normalized spacial score (nSPS) is 16.4. The second-order valence-corrected chi connectivity index (χ2v) is 3.17. The molecule has 0 saturated heterocycles. The lowest BCUT2D eigenvalue weighted by Gasteiger charge is -2.00. The fraction of sp³-hybridized carbons (Fsp3) is 0.500. The van der Waals surface area contributed by atoms with Crippen molar-refractivity contribution >= 4 is 5.91 Å². The number of rotatable bonds is 1. The van der Waals surface area contributed by atoms with Crippen LogP contribution in [0.5, 0.6) is 0 Å². The zero-order valence-corrected chi connectivity index (χ0v) is 6.83. The van der Waals surface area contributed by atoms with E-state index < -0.39 is 0 Å². The van der Waals surface area contributed by atoms with Crippen LogP contribution in [0.4, 0.5) is 0 Å². The van der Waals surface area contributed by atoms with Gasteiger partial charge in [0.15, 0.2) is 0 Å². The smallest absolute Gasteiger partial charge is 0.264 e. The summed E-state index contributed by atoms with van der Waals surface area (Å²) in [6, 6.07) is 1.51. The highest BCUT2D eigenvalue weighted by molar-refractivity contribution is 5.76. The molecule has 2 rings (SSSR count). The van der Waals surface area contributed by atoms with Gasteiger partial charge in [-0.2, -0.15) is 0 Å². The number of aromatic amines is 1. The van der Waals surface area contributed by atoms with Gasteiger partial charge in [0.25, 0.3) is 5.56 Å². The van der Waals surface area contributed by atoms with Gasteiger partial charge in [0, 0.05) is 18.9 Å². The van der Waals surface area contributed by atoms with Crippen LogP contribution in [0.15, 0.2) is 10.9 Å². The van der Waals surface area contributed by atoms with Crippen LogP contribution in [-0.2, 0) is 0 Å². The van der Waals surface area contributed by atoms with Crippen molar-refractivity contribution in [3.63, 3.8) is 0 Å². The van der Waals surface area contributed by atoms with E-state index in [-0.39, 0.29) is 11.5 Å². The summed E-state index contributed by atoms with van der Waals surface area (Å²) in [6.07, 6.45) is 2.18. The zero-order valence-electron chi connectivity index (χ0n) is 6.83. The van der Waals surface area contributed by atoms with Gasteiger partial charge in [0.05, 0.1) is 5.69 Å². The van der Waals surface area contributed by atoms with E-state index in [4.69, 9.17) is 0 Å². The van der Waals surface area contributed by atoms with Crippen LogP contribution in [0, 0.1) is 0 Å². The maximum absolute atomic E-state index is 11.0. The molecule has 1 aromatic rings. The molecule has 0 unspecified atom stereocenters. The van der Waals surface area contributed by atoms with E-state index in [1.165, 1.54) is 17.7 Å². The van der Waals surface area contributed by atoms with Crippen molar-refractivity contribution < 1.29 is 4.79 Å². The van der Waals surface area contributed by atoms with Gasteiger partial charge in [-0.25, -0.2) is 4.68 Å². The predicted molar refractivity (Wildman–Crippen MR) is 43.3 cm³/mol. The molecule has 0 aliphatic heterocycles. The van der Waals surface area contributed by atoms with Crippen LogP contribution >= 0.6 is 0 Å². The molecule has 12 heavy (non-hydrogen) atoms.